The van der Waals surface area contributed by atoms with Crippen LogP contribution >= 0.6 is 11.6 Å². The molecule has 4 heteroatoms. The van der Waals surface area contributed by atoms with Gasteiger partial charge in [0.1, 0.15) is 0 Å². The quantitative estimate of drug-likeness (QED) is 0.859. The molecule has 96 valence electrons. The number of nitrogens with one attached hydrogen (secondary N) is 2. The summed E-state index contributed by atoms with van der Waals surface area (Å²) in [6.45, 7) is 2.29. The molecule has 1 amide bonds. The van der Waals surface area contributed by atoms with Gasteiger partial charge in [0, 0.05) is 11.7 Å². The molecule has 1 aliphatic heterocycles. The lowest BCUT2D eigenvalue weighted by Gasteiger charge is -2.16. The van der Waals surface area contributed by atoms with Crippen molar-refractivity contribution in [3.8, 4) is 0 Å². The molecule has 1 saturated carbocycles. The molecule has 1 heterocycles. The van der Waals surface area contributed by atoms with E-state index in [2.05, 4.69) is 17.6 Å². The highest BCUT2D eigenvalue weighted by Gasteiger charge is 2.24. The molecule has 0 saturated heterocycles. The van der Waals surface area contributed by atoms with Gasteiger partial charge in [-0.05, 0) is 42.9 Å². The first kappa shape index (κ1) is 11.8. The second kappa shape index (κ2) is 4.47. The third kappa shape index (κ3) is 2.19. The predicted molar refractivity (Wildman–Crippen MR) is 74.2 cm³/mol. The van der Waals surface area contributed by atoms with Gasteiger partial charge < -0.3 is 10.6 Å². The topological polar surface area (TPSA) is 41.1 Å². The molecule has 1 aromatic rings. The Morgan fingerprint density at radius 3 is 2.94 bits per heavy atom. The Balaban J connectivity index is 1.81. The summed E-state index contributed by atoms with van der Waals surface area (Å²) >= 11 is 6.26. The first-order chi connectivity index (χ1) is 8.61. The van der Waals surface area contributed by atoms with Crippen molar-refractivity contribution in [1.29, 1.82) is 0 Å². The van der Waals surface area contributed by atoms with Crippen molar-refractivity contribution < 1.29 is 4.79 Å². The number of carbonyl (C=O) groups is 1. The number of hydrogen-bond donors (Lipinski definition) is 2. The van der Waals surface area contributed by atoms with Crippen molar-refractivity contribution in [3.63, 3.8) is 0 Å². The summed E-state index contributed by atoms with van der Waals surface area (Å²) in [6.07, 6.45) is 4.14. The van der Waals surface area contributed by atoms with E-state index in [-0.39, 0.29) is 5.91 Å². The number of halogens is 1. The number of fused-ring (bicyclic) bond motifs is 1. The molecule has 2 aliphatic rings. The Morgan fingerprint density at radius 1 is 1.39 bits per heavy atom. The minimum absolute atomic E-state index is 0.0488. The van der Waals surface area contributed by atoms with E-state index in [1.807, 2.05) is 12.1 Å². The SMILES string of the molecule is CC1CCC(Nc2cc3c(cc2Cl)NC(=O)C3)C1. The van der Waals surface area contributed by atoms with Crippen LogP contribution in [-0.2, 0) is 11.2 Å². The van der Waals surface area contributed by atoms with Gasteiger partial charge in [-0.1, -0.05) is 18.5 Å². The normalized spacial score (nSPS) is 26.0. The van der Waals surface area contributed by atoms with Gasteiger partial charge in [-0.25, -0.2) is 0 Å². The zero-order valence-corrected chi connectivity index (χ0v) is 11.2. The maximum atomic E-state index is 11.3. The lowest BCUT2D eigenvalue weighted by Crippen LogP contribution is -2.15. The minimum atomic E-state index is 0.0488. The van der Waals surface area contributed by atoms with Gasteiger partial charge in [-0.15, -0.1) is 0 Å². The molecule has 0 bridgehead atoms. The van der Waals surface area contributed by atoms with E-state index in [9.17, 15) is 4.79 Å². The highest BCUT2D eigenvalue weighted by molar-refractivity contribution is 6.33. The number of rotatable bonds is 2. The number of amides is 1. The van der Waals surface area contributed by atoms with Crippen LogP contribution in [-0.4, -0.2) is 11.9 Å². The van der Waals surface area contributed by atoms with Crippen LogP contribution in [0.4, 0.5) is 11.4 Å². The van der Waals surface area contributed by atoms with E-state index >= 15 is 0 Å². The van der Waals surface area contributed by atoms with Crippen LogP contribution < -0.4 is 10.6 Å². The number of benzene rings is 1. The van der Waals surface area contributed by atoms with E-state index in [1.54, 1.807) is 0 Å². The highest BCUT2D eigenvalue weighted by atomic mass is 35.5. The van der Waals surface area contributed by atoms with E-state index in [4.69, 9.17) is 11.6 Å². The molecule has 3 rings (SSSR count). The van der Waals surface area contributed by atoms with Crippen molar-refractivity contribution in [1.82, 2.24) is 0 Å². The molecule has 18 heavy (non-hydrogen) atoms. The fraction of sp³-hybridized carbons (Fsp3) is 0.500. The van der Waals surface area contributed by atoms with Crippen LogP contribution in [0, 0.1) is 5.92 Å². The van der Waals surface area contributed by atoms with Gasteiger partial charge in [0.25, 0.3) is 0 Å². The van der Waals surface area contributed by atoms with Crippen molar-refractivity contribution >= 4 is 28.9 Å². The van der Waals surface area contributed by atoms with E-state index < -0.39 is 0 Å². The fourth-order valence-electron chi connectivity index (χ4n) is 2.92. The van der Waals surface area contributed by atoms with Crippen molar-refractivity contribution in [3.05, 3.63) is 22.7 Å². The summed E-state index contributed by atoms with van der Waals surface area (Å²) in [6, 6.07) is 4.38. The minimum Gasteiger partial charge on any atom is -0.381 e. The lowest BCUT2D eigenvalue weighted by atomic mass is 10.1. The fourth-order valence-corrected chi connectivity index (χ4v) is 3.14. The summed E-state index contributed by atoms with van der Waals surface area (Å²) in [5.74, 6) is 0.839. The van der Waals surface area contributed by atoms with Crippen LogP contribution in [0.2, 0.25) is 5.02 Å². The zero-order chi connectivity index (χ0) is 12.7. The summed E-state index contributed by atoms with van der Waals surface area (Å²) in [5.41, 5.74) is 2.86. The summed E-state index contributed by atoms with van der Waals surface area (Å²) in [4.78, 5) is 11.3. The van der Waals surface area contributed by atoms with Crippen LogP contribution in [0.5, 0.6) is 0 Å². The number of hydrogen-bond acceptors (Lipinski definition) is 2. The van der Waals surface area contributed by atoms with Gasteiger partial charge in [0.05, 0.1) is 17.1 Å². The predicted octanol–water partition coefficient (Wildman–Crippen LogP) is 3.44. The molecule has 1 fully saturated rings. The van der Waals surface area contributed by atoms with Crippen molar-refractivity contribution in [2.45, 2.75) is 38.6 Å². The monoisotopic (exact) mass is 264 g/mol. The molecule has 0 aromatic heterocycles. The second-order valence-corrected chi connectivity index (χ2v) is 5.88. The van der Waals surface area contributed by atoms with E-state index in [1.165, 1.54) is 19.3 Å². The first-order valence-corrected chi connectivity index (χ1v) is 6.88. The van der Waals surface area contributed by atoms with Gasteiger partial charge in [-0.3, -0.25) is 4.79 Å². The lowest BCUT2D eigenvalue weighted by molar-refractivity contribution is -0.115. The largest absolute Gasteiger partial charge is 0.381 e. The van der Waals surface area contributed by atoms with Crippen LogP contribution in [0.1, 0.15) is 31.7 Å². The van der Waals surface area contributed by atoms with E-state index in [0.717, 1.165) is 22.9 Å². The molecule has 2 atom stereocenters. The van der Waals surface area contributed by atoms with E-state index in [0.29, 0.717) is 17.5 Å². The van der Waals surface area contributed by atoms with Crippen LogP contribution in [0.15, 0.2) is 12.1 Å². The van der Waals surface area contributed by atoms with Gasteiger partial charge in [0.2, 0.25) is 5.91 Å². The summed E-state index contributed by atoms with van der Waals surface area (Å²) in [5, 5.41) is 7.02. The second-order valence-electron chi connectivity index (χ2n) is 5.47. The van der Waals surface area contributed by atoms with Gasteiger partial charge in [-0.2, -0.15) is 0 Å². The Hall–Kier alpha value is -1.22. The van der Waals surface area contributed by atoms with Crippen LogP contribution in [0.25, 0.3) is 0 Å². The Morgan fingerprint density at radius 2 is 2.22 bits per heavy atom. The van der Waals surface area contributed by atoms with Crippen molar-refractivity contribution in [2.24, 2.45) is 5.92 Å². The maximum absolute atomic E-state index is 11.3. The zero-order valence-electron chi connectivity index (χ0n) is 10.4. The Bertz CT molecular complexity index is 501. The van der Waals surface area contributed by atoms with Crippen LogP contribution in [0.3, 0.4) is 0 Å². The highest BCUT2D eigenvalue weighted by Crippen LogP contribution is 2.35. The molecular weight excluding hydrogens is 248 g/mol. The van der Waals surface area contributed by atoms with Crippen molar-refractivity contribution in [2.75, 3.05) is 10.6 Å². The van der Waals surface area contributed by atoms with Gasteiger partial charge in [0.15, 0.2) is 0 Å². The summed E-state index contributed by atoms with van der Waals surface area (Å²) in [7, 11) is 0. The third-order valence-corrected chi connectivity index (χ3v) is 4.19. The third-order valence-electron chi connectivity index (χ3n) is 3.87. The maximum Gasteiger partial charge on any atom is 0.228 e. The average Bonchev–Trinajstić information content (AvgIpc) is 2.85. The Labute approximate surface area is 112 Å². The molecule has 1 aromatic carbocycles. The van der Waals surface area contributed by atoms with Gasteiger partial charge >= 0.3 is 0 Å². The smallest absolute Gasteiger partial charge is 0.228 e. The molecule has 0 spiro atoms. The first-order valence-electron chi connectivity index (χ1n) is 6.50. The number of carbonyl (C=O) groups excluding carboxylic acids is 1. The average molecular weight is 265 g/mol. The molecule has 1 aliphatic carbocycles. The molecular formula is C14H17ClN2O. The summed E-state index contributed by atoms with van der Waals surface area (Å²) < 4.78 is 0. The molecule has 2 N–H and O–H groups in total. The number of anilines is 2. The molecule has 2 unspecified atom stereocenters. The molecule has 0 radical (unpaired) electrons. The standard InChI is InChI=1S/C14H17ClN2O/c1-8-2-3-10(4-8)16-13-5-9-6-14(18)17-12(9)7-11(13)15/h5,7-8,10,16H,2-4,6H2,1H3,(H,17,18). The molecule has 3 nitrogen and oxygen atoms in total. The Kier molecular flexibility index (Phi) is 2.94.